The van der Waals surface area contributed by atoms with E-state index in [1.807, 2.05) is 18.2 Å². The number of hydrogen-bond donors (Lipinski definition) is 2. The van der Waals surface area contributed by atoms with Crippen molar-refractivity contribution < 1.29 is 14.6 Å². The van der Waals surface area contributed by atoms with E-state index >= 15 is 0 Å². The van der Waals surface area contributed by atoms with Crippen molar-refractivity contribution in [3.8, 4) is 11.5 Å². The zero-order chi connectivity index (χ0) is 14.3. The predicted molar refractivity (Wildman–Crippen MR) is 77.0 cm³/mol. The molecule has 0 aliphatic carbocycles. The van der Waals surface area contributed by atoms with Gasteiger partial charge >= 0.3 is 0 Å². The summed E-state index contributed by atoms with van der Waals surface area (Å²) >= 11 is 0. The fourth-order valence-electron chi connectivity index (χ4n) is 1.96. The Morgan fingerprint density at radius 2 is 1.95 bits per heavy atom. The Kier molecular flexibility index (Phi) is 6.67. The van der Waals surface area contributed by atoms with E-state index < -0.39 is 0 Å². The minimum atomic E-state index is 0.143. The molecule has 1 aromatic rings. The van der Waals surface area contributed by atoms with E-state index in [0.717, 1.165) is 30.0 Å². The van der Waals surface area contributed by atoms with E-state index in [4.69, 9.17) is 9.47 Å². The highest BCUT2D eigenvalue weighted by atomic mass is 16.5. The highest BCUT2D eigenvalue weighted by Gasteiger charge is 2.11. The molecule has 108 valence electrons. The van der Waals surface area contributed by atoms with Crippen molar-refractivity contribution in [2.45, 2.75) is 26.3 Å². The van der Waals surface area contributed by atoms with Gasteiger partial charge in [0.2, 0.25) is 0 Å². The summed E-state index contributed by atoms with van der Waals surface area (Å²) in [5, 5.41) is 12.6. The highest BCUT2D eigenvalue weighted by molar-refractivity contribution is 5.40. The predicted octanol–water partition coefficient (Wildman–Crippen LogP) is 1.85. The minimum absolute atomic E-state index is 0.143. The first kappa shape index (κ1) is 15.8. The lowest BCUT2D eigenvalue weighted by Crippen LogP contribution is -2.38. The Balaban J connectivity index is 2.57. The maximum Gasteiger partial charge on any atom is 0.125 e. The number of hydrogen-bond acceptors (Lipinski definition) is 4. The van der Waals surface area contributed by atoms with Crippen LogP contribution >= 0.6 is 0 Å². The second kappa shape index (κ2) is 8.02. The van der Waals surface area contributed by atoms with Crippen molar-refractivity contribution in [3.63, 3.8) is 0 Å². The van der Waals surface area contributed by atoms with Crippen molar-refractivity contribution in [2.24, 2.45) is 5.92 Å². The fourth-order valence-corrected chi connectivity index (χ4v) is 1.96. The summed E-state index contributed by atoms with van der Waals surface area (Å²) in [4.78, 5) is 0. The van der Waals surface area contributed by atoms with Crippen LogP contribution in [-0.4, -0.2) is 38.5 Å². The van der Waals surface area contributed by atoms with Crippen LogP contribution in [0, 0.1) is 5.92 Å². The topological polar surface area (TPSA) is 50.7 Å². The molecule has 0 aliphatic rings. The van der Waals surface area contributed by atoms with E-state index in [1.54, 1.807) is 14.2 Å². The molecular formula is C15H25NO3. The van der Waals surface area contributed by atoms with Crippen molar-refractivity contribution in [1.29, 1.82) is 0 Å². The van der Waals surface area contributed by atoms with Crippen LogP contribution in [0.1, 0.15) is 19.4 Å². The molecule has 19 heavy (non-hydrogen) atoms. The number of benzene rings is 1. The average molecular weight is 267 g/mol. The van der Waals surface area contributed by atoms with E-state index in [0.29, 0.717) is 5.92 Å². The van der Waals surface area contributed by atoms with Gasteiger partial charge in [0.1, 0.15) is 11.5 Å². The molecule has 4 heteroatoms. The lowest BCUT2D eigenvalue weighted by molar-refractivity contribution is 0.211. The van der Waals surface area contributed by atoms with Crippen molar-refractivity contribution in [3.05, 3.63) is 23.8 Å². The van der Waals surface area contributed by atoms with Gasteiger partial charge in [-0.05, 0) is 30.5 Å². The molecule has 1 rings (SSSR count). The molecule has 0 spiro atoms. The minimum Gasteiger partial charge on any atom is -0.497 e. The monoisotopic (exact) mass is 267 g/mol. The van der Waals surface area contributed by atoms with Gasteiger partial charge in [0, 0.05) is 12.1 Å². The van der Waals surface area contributed by atoms with Crippen LogP contribution in [0.15, 0.2) is 18.2 Å². The molecular weight excluding hydrogens is 242 g/mol. The number of aliphatic hydroxyl groups excluding tert-OH is 1. The Hall–Kier alpha value is -1.26. The molecule has 0 fully saturated rings. The number of aliphatic hydroxyl groups is 1. The molecule has 0 aromatic heterocycles. The zero-order valence-corrected chi connectivity index (χ0v) is 12.3. The molecule has 4 nitrogen and oxygen atoms in total. The third-order valence-corrected chi connectivity index (χ3v) is 3.30. The van der Waals surface area contributed by atoms with Gasteiger partial charge in [-0.25, -0.2) is 0 Å². The van der Waals surface area contributed by atoms with E-state index in [9.17, 15) is 5.11 Å². The average Bonchev–Trinajstić information content (AvgIpc) is 2.43. The second-order valence-corrected chi connectivity index (χ2v) is 4.91. The third kappa shape index (κ3) is 4.73. The molecule has 2 N–H and O–H groups in total. The number of methoxy groups -OCH3 is 2. The zero-order valence-electron chi connectivity index (χ0n) is 12.3. The van der Waals surface area contributed by atoms with Crippen molar-refractivity contribution >= 4 is 0 Å². The Morgan fingerprint density at radius 1 is 1.21 bits per heavy atom. The van der Waals surface area contributed by atoms with E-state index in [-0.39, 0.29) is 12.6 Å². The first-order valence-electron chi connectivity index (χ1n) is 6.67. The van der Waals surface area contributed by atoms with Crippen LogP contribution in [0.2, 0.25) is 0 Å². The lowest BCUT2D eigenvalue weighted by Gasteiger charge is -2.20. The van der Waals surface area contributed by atoms with Gasteiger partial charge in [-0.2, -0.15) is 0 Å². The summed E-state index contributed by atoms with van der Waals surface area (Å²) in [5.41, 5.74) is 1.14. The van der Waals surface area contributed by atoms with Gasteiger partial charge < -0.3 is 19.9 Å². The summed E-state index contributed by atoms with van der Waals surface area (Å²) in [6.45, 7) is 5.17. The van der Waals surface area contributed by atoms with Gasteiger partial charge in [0.15, 0.2) is 0 Å². The van der Waals surface area contributed by atoms with E-state index in [1.165, 1.54) is 0 Å². The molecule has 0 bridgehead atoms. The standard InChI is InChI=1S/C15H25NO3/c1-11(2)14(10-17)16-8-7-12-5-6-13(18-3)9-15(12)19-4/h5-6,9,11,14,16-17H,7-8,10H2,1-4H3. The molecule has 0 amide bonds. The van der Waals surface area contributed by atoms with Crippen LogP contribution in [-0.2, 0) is 6.42 Å². The van der Waals surface area contributed by atoms with Crippen LogP contribution < -0.4 is 14.8 Å². The Morgan fingerprint density at radius 3 is 2.47 bits per heavy atom. The lowest BCUT2D eigenvalue weighted by atomic mass is 10.0. The molecule has 1 unspecified atom stereocenters. The molecule has 0 saturated heterocycles. The first-order chi connectivity index (χ1) is 9.12. The summed E-state index contributed by atoms with van der Waals surface area (Å²) in [7, 11) is 3.31. The number of nitrogens with one attached hydrogen (secondary N) is 1. The molecule has 0 heterocycles. The second-order valence-electron chi connectivity index (χ2n) is 4.91. The van der Waals surface area contributed by atoms with Gasteiger partial charge in [-0.15, -0.1) is 0 Å². The highest BCUT2D eigenvalue weighted by Crippen LogP contribution is 2.24. The molecule has 0 saturated carbocycles. The van der Waals surface area contributed by atoms with Gasteiger partial charge in [0.05, 0.1) is 20.8 Å². The van der Waals surface area contributed by atoms with Gasteiger partial charge in [-0.3, -0.25) is 0 Å². The molecule has 1 atom stereocenters. The summed E-state index contributed by atoms with van der Waals surface area (Å²) in [6.07, 6.45) is 0.858. The van der Waals surface area contributed by atoms with Gasteiger partial charge in [0.25, 0.3) is 0 Å². The Bertz CT molecular complexity index is 380. The van der Waals surface area contributed by atoms with Crippen molar-refractivity contribution in [2.75, 3.05) is 27.4 Å². The fraction of sp³-hybridized carbons (Fsp3) is 0.600. The molecule has 0 aliphatic heterocycles. The van der Waals surface area contributed by atoms with Gasteiger partial charge in [-0.1, -0.05) is 19.9 Å². The molecule has 1 aromatic carbocycles. The first-order valence-corrected chi connectivity index (χ1v) is 6.67. The third-order valence-electron chi connectivity index (χ3n) is 3.30. The SMILES string of the molecule is COc1ccc(CCNC(CO)C(C)C)c(OC)c1. The quantitative estimate of drug-likeness (QED) is 0.755. The summed E-state index contributed by atoms with van der Waals surface area (Å²) in [6, 6.07) is 5.98. The smallest absolute Gasteiger partial charge is 0.125 e. The van der Waals surface area contributed by atoms with Crippen molar-refractivity contribution in [1.82, 2.24) is 5.32 Å². The summed E-state index contributed by atoms with van der Waals surface area (Å²) in [5.74, 6) is 2.05. The largest absolute Gasteiger partial charge is 0.497 e. The number of ether oxygens (including phenoxy) is 2. The molecule has 0 radical (unpaired) electrons. The van der Waals surface area contributed by atoms with Crippen LogP contribution in [0.4, 0.5) is 0 Å². The normalized spacial score (nSPS) is 12.5. The summed E-state index contributed by atoms with van der Waals surface area (Å²) < 4.78 is 10.5. The Labute approximate surface area is 115 Å². The maximum atomic E-state index is 9.26. The van der Waals surface area contributed by atoms with Crippen LogP contribution in [0.3, 0.4) is 0 Å². The van der Waals surface area contributed by atoms with Crippen LogP contribution in [0.25, 0.3) is 0 Å². The van der Waals surface area contributed by atoms with E-state index in [2.05, 4.69) is 19.2 Å². The maximum absolute atomic E-state index is 9.26. The van der Waals surface area contributed by atoms with Crippen LogP contribution in [0.5, 0.6) is 11.5 Å². The number of rotatable bonds is 8.